The van der Waals surface area contributed by atoms with Crippen LogP contribution in [0.3, 0.4) is 0 Å². The lowest BCUT2D eigenvalue weighted by atomic mass is 10.1. The largest absolute Gasteiger partial charge is 0.493 e. The van der Waals surface area contributed by atoms with Crippen molar-refractivity contribution in [1.82, 2.24) is 4.90 Å². The fourth-order valence-corrected chi connectivity index (χ4v) is 3.60. The molecule has 7 heteroatoms. The van der Waals surface area contributed by atoms with Crippen LogP contribution in [-0.4, -0.2) is 50.7 Å². The second-order valence-corrected chi connectivity index (χ2v) is 7.03. The Hall–Kier alpha value is -2.11. The van der Waals surface area contributed by atoms with Gasteiger partial charge in [0.2, 0.25) is 0 Å². The monoisotopic (exact) mass is 408 g/mol. The van der Waals surface area contributed by atoms with Gasteiger partial charge in [-0.15, -0.1) is 0 Å². The van der Waals surface area contributed by atoms with Crippen LogP contribution in [-0.2, 0) is 0 Å². The van der Waals surface area contributed by atoms with E-state index in [9.17, 15) is 4.79 Å². The summed E-state index contributed by atoms with van der Waals surface area (Å²) in [5.74, 6) is 0.859. The number of carbonyl (C=O) groups excluding carboxylic acids is 1. The van der Waals surface area contributed by atoms with Gasteiger partial charge in [0.1, 0.15) is 0 Å². The Morgan fingerprint density at radius 2 is 1.85 bits per heavy atom. The summed E-state index contributed by atoms with van der Waals surface area (Å²) in [4.78, 5) is 17.0. The summed E-state index contributed by atoms with van der Waals surface area (Å²) in [5, 5.41) is 1.08. The minimum atomic E-state index is -0.0657. The van der Waals surface area contributed by atoms with Crippen LogP contribution in [0.25, 0.3) is 0 Å². The third kappa shape index (κ3) is 4.42. The van der Waals surface area contributed by atoms with Crippen LogP contribution >= 0.6 is 23.2 Å². The predicted molar refractivity (Wildman–Crippen MR) is 109 cm³/mol. The molecule has 0 aliphatic carbocycles. The number of amides is 1. The average Bonchev–Trinajstić information content (AvgIpc) is 2.69. The van der Waals surface area contributed by atoms with Gasteiger partial charge in [-0.3, -0.25) is 4.79 Å². The summed E-state index contributed by atoms with van der Waals surface area (Å²) in [6.07, 6.45) is 0. The lowest BCUT2D eigenvalue weighted by Crippen LogP contribution is -2.48. The number of hydrogen-bond donors (Lipinski definition) is 0. The molecule has 1 aliphatic heterocycles. The van der Waals surface area contributed by atoms with Gasteiger partial charge in [-0.2, -0.15) is 0 Å². The molecule has 2 aromatic rings. The van der Waals surface area contributed by atoms with Gasteiger partial charge >= 0.3 is 0 Å². The Morgan fingerprint density at radius 3 is 2.48 bits per heavy atom. The highest BCUT2D eigenvalue weighted by Gasteiger charge is 2.24. The molecule has 1 heterocycles. The third-order valence-corrected chi connectivity index (χ3v) is 5.02. The van der Waals surface area contributed by atoms with Gasteiger partial charge in [-0.05, 0) is 37.3 Å². The van der Waals surface area contributed by atoms with Gasteiger partial charge < -0.3 is 19.3 Å². The van der Waals surface area contributed by atoms with E-state index < -0.39 is 0 Å². The summed E-state index contributed by atoms with van der Waals surface area (Å²) in [7, 11) is 1.53. The van der Waals surface area contributed by atoms with E-state index in [2.05, 4.69) is 4.90 Å². The van der Waals surface area contributed by atoms with Gasteiger partial charge in [0.15, 0.2) is 11.5 Å². The third-order valence-electron chi connectivity index (χ3n) is 4.51. The first-order chi connectivity index (χ1) is 13.0. The smallest absolute Gasteiger partial charge is 0.254 e. The summed E-state index contributed by atoms with van der Waals surface area (Å²) in [6, 6.07) is 11.1. The maximum Gasteiger partial charge on any atom is 0.254 e. The summed E-state index contributed by atoms with van der Waals surface area (Å²) < 4.78 is 10.9. The number of rotatable bonds is 5. The van der Waals surface area contributed by atoms with Crippen LogP contribution in [0.1, 0.15) is 17.3 Å². The molecule has 0 aromatic heterocycles. The van der Waals surface area contributed by atoms with E-state index in [1.807, 2.05) is 36.1 Å². The van der Waals surface area contributed by atoms with Crippen molar-refractivity contribution in [2.75, 3.05) is 44.8 Å². The zero-order valence-corrected chi connectivity index (χ0v) is 16.9. The predicted octanol–water partition coefficient (Wildman–Crippen LogP) is 4.36. The number of piperazine rings is 1. The summed E-state index contributed by atoms with van der Waals surface area (Å²) in [5.41, 5.74) is 1.57. The number of halogens is 2. The molecule has 0 saturated carbocycles. The lowest BCUT2D eigenvalue weighted by molar-refractivity contribution is 0.0746. The topological polar surface area (TPSA) is 42.0 Å². The van der Waals surface area contributed by atoms with Crippen LogP contribution in [0.5, 0.6) is 11.5 Å². The minimum absolute atomic E-state index is 0.0657. The Balaban J connectivity index is 1.71. The van der Waals surface area contributed by atoms with Gasteiger partial charge in [0.25, 0.3) is 5.91 Å². The van der Waals surface area contributed by atoms with Crippen molar-refractivity contribution in [3.8, 4) is 11.5 Å². The Labute approximate surface area is 169 Å². The first-order valence-corrected chi connectivity index (χ1v) is 9.59. The number of anilines is 1. The SMILES string of the molecule is CCOc1c(Cl)cc(C(=O)N2CCN(c3cccc(Cl)c3)CC2)cc1OC. The first kappa shape index (κ1) is 19.6. The van der Waals surface area contributed by atoms with Crippen molar-refractivity contribution in [1.29, 1.82) is 0 Å². The zero-order valence-electron chi connectivity index (χ0n) is 15.4. The molecule has 2 aromatic carbocycles. The highest BCUT2D eigenvalue weighted by atomic mass is 35.5. The van der Waals surface area contributed by atoms with Crippen molar-refractivity contribution in [3.05, 3.63) is 52.0 Å². The maximum absolute atomic E-state index is 12.9. The fraction of sp³-hybridized carbons (Fsp3) is 0.350. The molecule has 0 bridgehead atoms. The second-order valence-electron chi connectivity index (χ2n) is 6.18. The molecule has 1 fully saturated rings. The number of methoxy groups -OCH3 is 1. The fourth-order valence-electron chi connectivity index (χ4n) is 3.15. The van der Waals surface area contributed by atoms with Crippen molar-refractivity contribution in [2.24, 2.45) is 0 Å². The second kappa shape index (κ2) is 8.72. The molecule has 3 rings (SSSR count). The molecular formula is C20H22Cl2N2O3. The van der Waals surface area contributed by atoms with E-state index in [-0.39, 0.29) is 5.91 Å². The van der Waals surface area contributed by atoms with Crippen molar-refractivity contribution < 1.29 is 14.3 Å². The van der Waals surface area contributed by atoms with E-state index in [0.717, 1.165) is 18.8 Å². The van der Waals surface area contributed by atoms with Gasteiger partial charge in [0, 0.05) is 42.5 Å². The number of ether oxygens (including phenoxy) is 2. The van der Waals surface area contributed by atoms with E-state index in [1.54, 1.807) is 12.1 Å². The van der Waals surface area contributed by atoms with Crippen molar-refractivity contribution in [3.63, 3.8) is 0 Å². The van der Waals surface area contributed by atoms with E-state index in [4.69, 9.17) is 32.7 Å². The molecule has 1 saturated heterocycles. The Kier molecular flexibility index (Phi) is 6.34. The first-order valence-electron chi connectivity index (χ1n) is 8.83. The maximum atomic E-state index is 12.9. The van der Waals surface area contributed by atoms with Gasteiger partial charge in [-0.25, -0.2) is 0 Å². The van der Waals surface area contributed by atoms with E-state index in [0.29, 0.717) is 46.8 Å². The Bertz CT molecular complexity index is 821. The molecular weight excluding hydrogens is 387 g/mol. The number of nitrogens with zero attached hydrogens (tertiary/aromatic N) is 2. The molecule has 0 atom stereocenters. The van der Waals surface area contributed by atoms with Crippen molar-refractivity contribution in [2.45, 2.75) is 6.92 Å². The highest BCUT2D eigenvalue weighted by Crippen LogP contribution is 2.36. The van der Waals surface area contributed by atoms with Crippen molar-refractivity contribution >= 4 is 34.8 Å². The van der Waals surface area contributed by atoms with Gasteiger partial charge in [0.05, 0.1) is 18.7 Å². The number of benzene rings is 2. The molecule has 1 aliphatic rings. The zero-order chi connectivity index (χ0) is 19.4. The van der Waals surface area contributed by atoms with Gasteiger partial charge in [-0.1, -0.05) is 29.3 Å². The number of hydrogen-bond acceptors (Lipinski definition) is 4. The molecule has 0 unspecified atom stereocenters. The summed E-state index contributed by atoms with van der Waals surface area (Å²) >= 11 is 12.4. The molecule has 144 valence electrons. The number of carbonyl (C=O) groups is 1. The molecule has 0 radical (unpaired) electrons. The minimum Gasteiger partial charge on any atom is -0.493 e. The molecule has 5 nitrogen and oxygen atoms in total. The van der Waals surface area contributed by atoms with Crippen LogP contribution in [0.4, 0.5) is 5.69 Å². The summed E-state index contributed by atoms with van der Waals surface area (Å²) in [6.45, 7) is 5.07. The quantitative estimate of drug-likeness (QED) is 0.736. The molecule has 0 spiro atoms. The van der Waals surface area contributed by atoms with Crippen LogP contribution in [0.2, 0.25) is 10.0 Å². The standard InChI is InChI=1S/C20H22Cl2N2O3/c1-3-27-19-17(22)11-14(12-18(19)26-2)20(25)24-9-7-23(8-10-24)16-6-4-5-15(21)13-16/h4-6,11-13H,3,7-10H2,1-2H3. The van der Waals surface area contributed by atoms with Crippen LogP contribution < -0.4 is 14.4 Å². The lowest BCUT2D eigenvalue weighted by Gasteiger charge is -2.36. The molecule has 0 N–H and O–H groups in total. The van der Waals surface area contributed by atoms with Crippen LogP contribution in [0.15, 0.2) is 36.4 Å². The molecule has 27 heavy (non-hydrogen) atoms. The van der Waals surface area contributed by atoms with E-state index in [1.165, 1.54) is 7.11 Å². The Morgan fingerprint density at radius 1 is 1.11 bits per heavy atom. The highest BCUT2D eigenvalue weighted by molar-refractivity contribution is 6.32. The van der Waals surface area contributed by atoms with E-state index >= 15 is 0 Å². The normalized spacial score (nSPS) is 14.2. The van der Waals surface area contributed by atoms with Crippen LogP contribution in [0, 0.1) is 0 Å². The average molecular weight is 409 g/mol. The molecule has 1 amide bonds.